The number of urea groups is 1. The summed E-state index contributed by atoms with van der Waals surface area (Å²) in [5.74, 6) is -0.495. The normalized spacial score (nSPS) is 21.8. The zero-order chi connectivity index (χ0) is 17.1. The Morgan fingerprint density at radius 1 is 1.17 bits per heavy atom. The van der Waals surface area contributed by atoms with E-state index < -0.39 is 11.9 Å². The molecule has 2 N–H and O–H groups in total. The number of anilines is 2. The van der Waals surface area contributed by atoms with E-state index in [0.29, 0.717) is 13.0 Å². The van der Waals surface area contributed by atoms with Crippen LogP contribution < -0.4 is 10.2 Å². The van der Waals surface area contributed by atoms with E-state index in [1.54, 1.807) is 4.90 Å². The summed E-state index contributed by atoms with van der Waals surface area (Å²) < 4.78 is 0. The minimum Gasteiger partial charge on any atom is -0.481 e. The van der Waals surface area contributed by atoms with Crippen LogP contribution in [0, 0.1) is 11.8 Å². The van der Waals surface area contributed by atoms with Gasteiger partial charge in [-0.1, -0.05) is 13.0 Å². The van der Waals surface area contributed by atoms with Crippen LogP contribution in [-0.4, -0.2) is 48.2 Å². The van der Waals surface area contributed by atoms with Crippen LogP contribution in [-0.2, 0) is 4.79 Å². The highest BCUT2D eigenvalue weighted by atomic mass is 16.4. The first-order valence-electron chi connectivity index (χ1n) is 8.66. The smallest absolute Gasteiger partial charge is 0.321 e. The molecule has 24 heavy (non-hydrogen) atoms. The molecule has 0 bridgehead atoms. The van der Waals surface area contributed by atoms with E-state index in [0.717, 1.165) is 30.4 Å². The summed E-state index contributed by atoms with van der Waals surface area (Å²) in [5.41, 5.74) is 1.89. The maximum atomic E-state index is 12.3. The second kappa shape index (κ2) is 7.11. The van der Waals surface area contributed by atoms with Crippen LogP contribution in [0.1, 0.15) is 26.2 Å². The standard InChI is InChI=1S/C18H25N3O3/c1-13-5-8-20(9-6-13)16-4-2-3-15(11-16)19-18(24)21-10-7-14(12-21)17(22)23/h2-4,11,13-14H,5-10,12H2,1H3,(H,19,24)(H,22,23). The highest BCUT2D eigenvalue weighted by molar-refractivity contribution is 5.90. The van der Waals surface area contributed by atoms with Crippen LogP contribution in [0.4, 0.5) is 16.2 Å². The molecule has 0 radical (unpaired) electrons. The van der Waals surface area contributed by atoms with Crippen molar-refractivity contribution < 1.29 is 14.7 Å². The Labute approximate surface area is 142 Å². The van der Waals surface area contributed by atoms with Crippen molar-refractivity contribution in [2.45, 2.75) is 26.2 Å². The average molecular weight is 331 g/mol. The van der Waals surface area contributed by atoms with Crippen LogP contribution in [0.25, 0.3) is 0 Å². The summed E-state index contributed by atoms with van der Waals surface area (Å²) in [6.07, 6.45) is 2.91. The number of carbonyl (C=O) groups is 2. The molecule has 130 valence electrons. The summed E-state index contributed by atoms with van der Waals surface area (Å²) in [4.78, 5) is 27.3. The van der Waals surface area contributed by atoms with Gasteiger partial charge in [0.2, 0.25) is 0 Å². The van der Waals surface area contributed by atoms with Gasteiger partial charge < -0.3 is 20.2 Å². The van der Waals surface area contributed by atoms with Gasteiger partial charge in [0.05, 0.1) is 5.92 Å². The predicted octanol–water partition coefficient (Wildman–Crippen LogP) is 2.86. The number of nitrogens with one attached hydrogen (secondary N) is 1. The monoisotopic (exact) mass is 331 g/mol. The Morgan fingerprint density at radius 2 is 1.92 bits per heavy atom. The van der Waals surface area contributed by atoms with Crippen LogP contribution in [0.5, 0.6) is 0 Å². The second-order valence-corrected chi connectivity index (χ2v) is 6.92. The topological polar surface area (TPSA) is 72.9 Å². The number of hydrogen-bond acceptors (Lipinski definition) is 3. The number of aliphatic carboxylic acids is 1. The number of amides is 2. The largest absolute Gasteiger partial charge is 0.481 e. The number of carbonyl (C=O) groups excluding carboxylic acids is 1. The number of hydrogen-bond donors (Lipinski definition) is 2. The molecule has 2 heterocycles. The zero-order valence-electron chi connectivity index (χ0n) is 14.1. The fourth-order valence-corrected chi connectivity index (χ4v) is 3.40. The lowest BCUT2D eigenvalue weighted by Gasteiger charge is -2.32. The first-order valence-corrected chi connectivity index (χ1v) is 8.66. The van der Waals surface area contributed by atoms with E-state index in [1.807, 2.05) is 18.2 Å². The lowest BCUT2D eigenvalue weighted by molar-refractivity contribution is -0.141. The summed E-state index contributed by atoms with van der Waals surface area (Å²) in [6.45, 7) is 5.15. The van der Waals surface area contributed by atoms with Gasteiger partial charge in [-0.05, 0) is 43.4 Å². The van der Waals surface area contributed by atoms with Gasteiger partial charge in [0.1, 0.15) is 0 Å². The Kier molecular flexibility index (Phi) is 4.92. The molecule has 2 saturated heterocycles. The maximum absolute atomic E-state index is 12.3. The lowest BCUT2D eigenvalue weighted by Crippen LogP contribution is -2.34. The molecule has 2 fully saturated rings. The van der Waals surface area contributed by atoms with Crippen LogP contribution >= 0.6 is 0 Å². The summed E-state index contributed by atoms with van der Waals surface area (Å²) >= 11 is 0. The predicted molar refractivity (Wildman–Crippen MR) is 93.4 cm³/mol. The fourth-order valence-electron chi connectivity index (χ4n) is 3.40. The molecule has 3 rings (SSSR count). The molecule has 6 heteroatoms. The highest BCUT2D eigenvalue weighted by Gasteiger charge is 2.30. The molecule has 1 aromatic carbocycles. The molecule has 0 saturated carbocycles. The molecular formula is C18H25N3O3. The third-order valence-corrected chi connectivity index (χ3v) is 5.07. The SMILES string of the molecule is CC1CCN(c2cccc(NC(=O)N3CCC(C(=O)O)C3)c2)CC1. The number of nitrogens with zero attached hydrogens (tertiary/aromatic N) is 2. The van der Waals surface area contributed by atoms with E-state index in [-0.39, 0.29) is 12.6 Å². The summed E-state index contributed by atoms with van der Waals surface area (Å²) in [6, 6.07) is 7.68. The van der Waals surface area contributed by atoms with Gasteiger partial charge >= 0.3 is 12.0 Å². The highest BCUT2D eigenvalue weighted by Crippen LogP contribution is 2.25. The van der Waals surface area contributed by atoms with Crippen LogP contribution in [0.3, 0.4) is 0 Å². The van der Waals surface area contributed by atoms with Crippen molar-refractivity contribution in [3.05, 3.63) is 24.3 Å². The first-order chi connectivity index (χ1) is 11.5. The number of piperidine rings is 1. The van der Waals surface area contributed by atoms with Gasteiger partial charge in [-0.2, -0.15) is 0 Å². The van der Waals surface area contributed by atoms with Gasteiger partial charge in [-0.25, -0.2) is 4.79 Å². The molecule has 6 nitrogen and oxygen atoms in total. The van der Waals surface area contributed by atoms with Gasteiger partial charge in [0.15, 0.2) is 0 Å². The zero-order valence-corrected chi connectivity index (χ0v) is 14.1. The van der Waals surface area contributed by atoms with E-state index in [4.69, 9.17) is 5.11 Å². The van der Waals surface area contributed by atoms with Crippen molar-refractivity contribution in [1.82, 2.24) is 4.90 Å². The van der Waals surface area contributed by atoms with Gasteiger partial charge in [-0.15, -0.1) is 0 Å². The minimum absolute atomic E-state index is 0.219. The molecule has 2 amide bonds. The van der Waals surface area contributed by atoms with Crippen LogP contribution in [0.15, 0.2) is 24.3 Å². The number of carboxylic acid groups (broad SMARTS) is 1. The van der Waals surface area contributed by atoms with E-state index in [1.165, 1.54) is 12.8 Å². The number of likely N-dealkylation sites (tertiary alicyclic amines) is 1. The quantitative estimate of drug-likeness (QED) is 0.893. The molecule has 0 aliphatic carbocycles. The Balaban J connectivity index is 1.60. The van der Waals surface area contributed by atoms with E-state index in [9.17, 15) is 9.59 Å². The summed E-state index contributed by atoms with van der Waals surface area (Å²) in [7, 11) is 0. The van der Waals surface area contributed by atoms with E-state index >= 15 is 0 Å². The Morgan fingerprint density at radius 3 is 2.58 bits per heavy atom. The van der Waals surface area contributed by atoms with Crippen molar-refractivity contribution in [2.24, 2.45) is 11.8 Å². The number of benzene rings is 1. The molecular weight excluding hydrogens is 306 g/mol. The number of carboxylic acids is 1. The molecule has 2 aliphatic rings. The Hall–Kier alpha value is -2.24. The Bertz CT molecular complexity index is 611. The third-order valence-electron chi connectivity index (χ3n) is 5.07. The molecule has 1 atom stereocenters. The molecule has 1 unspecified atom stereocenters. The number of rotatable bonds is 3. The molecule has 2 aliphatic heterocycles. The third kappa shape index (κ3) is 3.80. The van der Waals surface area contributed by atoms with Crippen LogP contribution in [0.2, 0.25) is 0 Å². The van der Waals surface area contributed by atoms with Gasteiger partial charge in [0, 0.05) is 37.6 Å². The first kappa shape index (κ1) is 16.6. The van der Waals surface area contributed by atoms with Crippen molar-refractivity contribution in [2.75, 3.05) is 36.4 Å². The minimum atomic E-state index is -0.827. The van der Waals surface area contributed by atoms with Crippen molar-refractivity contribution >= 4 is 23.4 Å². The maximum Gasteiger partial charge on any atom is 0.321 e. The molecule has 0 aromatic heterocycles. The van der Waals surface area contributed by atoms with Crippen molar-refractivity contribution in [3.63, 3.8) is 0 Å². The van der Waals surface area contributed by atoms with Gasteiger partial charge in [-0.3, -0.25) is 4.79 Å². The van der Waals surface area contributed by atoms with Gasteiger partial charge in [0.25, 0.3) is 0 Å². The fraction of sp³-hybridized carbons (Fsp3) is 0.556. The van der Waals surface area contributed by atoms with Crippen molar-refractivity contribution in [3.8, 4) is 0 Å². The molecule has 1 aromatic rings. The average Bonchev–Trinajstić information content (AvgIpc) is 3.06. The lowest BCUT2D eigenvalue weighted by atomic mass is 9.99. The molecule has 0 spiro atoms. The van der Waals surface area contributed by atoms with Crippen molar-refractivity contribution in [1.29, 1.82) is 0 Å². The van der Waals surface area contributed by atoms with E-state index in [2.05, 4.69) is 23.2 Å². The second-order valence-electron chi connectivity index (χ2n) is 6.92. The summed E-state index contributed by atoms with van der Waals surface area (Å²) in [5, 5.41) is 11.9.